The predicted octanol–water partition coefficient (Wildman–Crippen LogP) is 11.0. The zero-order valence-electron chi connectivity index (χ0n) is 38.1. The molecule has 0 heterocycles. The number of likely N-dealkylation sites (N-methyl/N-ethyl adjacent to an activating group) is 1. The van der Waals surface area contributed by atoms with Crippen molar-refractivity contribution in [2.45, 2.75) is 180 Å². The Kier molecular flexibility index (Phi) is 39.2. The molecule has 0 saturated carbocycles. The third kappa shape index (κ3) is 42.7. The van der Waals surface area contributed by atoms with Crippen LogP contribution in [-0.2, 0) is 33.3 Å². The lowest BCUT2D eigenvalue weighted by Gasteiger charge is -2.26. The van der Waals surface area contributed by atoms with Crippen LogP contribution in [0.25, 0.3) is 0 Å². The lowest BCUT2D eigenvalue weighted by atomic mass is 10.1. The monoisotopic (exact) mass is 828 g/mol. The van der Waals surface area contributed by atoms with E-state index in [4.69, 9.17) is 18.9 Å². The average molecular weight is 828 g/mol. The molecule has 2 unspecified atom stereocenters. The maximum Gasteiger partial charge on any atom is 0.306 e. The summed E-state index contributed by atoms with van der Waals surface area (Å²) < 4.78 is 22.5. The van der Waals surface area contributed by atoms with Gasteiger partial charge in [-0.05, 0) is 64.2 Å². The number of hydrogen-bond acceptors (Lipinski definition) is 8. The van der Waals surface area contributed by atoms with E-state index in [1.807, 2.05) is 21.1 Å². The fourth-order valence-electron chi connectivity index (χ4n) is 5.89. The molecule has 0 saturated heterocycles. The van der Waals surface area contributed by atoms with Crippen molar-refractivity contribution in [2.75, 3.05) is 47.5 Å². The first-order valence-electron chi connectivity index (χ1n) is 23.1. The second-order valence-corrected chi connectivity index (χ2v) is 16.3. The number of esters is 2. The van der Waals surface area contributed by atoms with Crippen LogP contribution in [0.5, 0.6) is 0 Å². The van der Waals surface area contributed by atoms with Crippen LogP contribution in [0.15, 0.2) is 72.9 Å². The van der Waals surface area contributed by atoms with Gasteiger partial charge in [-0.1, -0.05) is 164 Å². The van der Waals surface area contributed by atoms with Crippen LogP contribution in [0.4, 0.5) is 0 Å². The number of carbonyl (C=O) groups is 3. The van der Waals surface area contributed by atoms with Crippen molar-refractivity contribution in [3.63, 3.8) is 0 Å². The maximum atomic E-state index is 12.7. The lowest BCUT2D eigenvalue weighted by molar-refractivity contribution is -0.870. The molecule has 59 heavy (non-hydrogen) atoms. The summed E-state index contributed by atoms with van der Waals surface area (Å²) in [5.41, 5.74) is 0. The summed E-state index contributed by atoms with van der Waals surface area (Å²) in [5, 5.41) is 11.7. The van der Waals surface area contributed by atoms with Crippen LogP contribution in [0.2, 0.25) is 0 Å². The first-order chi connectivity index (χ1) is 28.6. The Balaban J connectivity index is 4.36. The minimum atomic E-state index is -1.63. The number of carboxylic acids is 1. The van der Waals surface area contributed by atoms with Crippen LogP contribution in [0.1, 0.15) is 168 Å². The molecule has 0 fully saturated rings. The Morgan fingerprint density at radius 2 is 0.966 bits per heavy atom. The number of rotatable bonds is 41. The van der Waals surface area contributed by atoms with Gasteiger partial charge in [-0.25, -0.2) is 0 Å². The summed E-state index contributed by atoms with van der Waals surface area (Å²) in [6.07, 6.45) is 48.0. The van der Waals surface area contributed by atoms with E-state index in [9.17, 15) is 19.5 Å². The first-order valence-corrected chi connectivity index (χ1v) is 23.1. The van der Waals surface area contributed by atoms with E-state index in [0.717, 1.165) is 96.3 Å². The van der Waals surface area contributed by atoms with Gasteiger partial charge in [-0.3, -0.25) is 9.59 Å². The summed E-state index contributed by atoms with van der Waals surface area (Å²) in [5.74, 6) is -2.32. The van der Waals surface area contributed by atoms with Crippen LogP contribution in [0.3, 0.4) is 0 Å². The number of hydrogen-bond donors (Lipinski definition) is 0. The molecule has 0 aliphatic rings. The number of quaternary nitrogens is 1. The molecule has 0 aliphatic carbocycles. The summed E-state index contributed by atoms with van der Waals surface area (Å²) in [4.78, 5) is 36.9. The van der Waals surface area contributed by atoms with Crippen molar-refractivity contribution in [2.24, 2.45) is 0 Å². The first kappa shape index (κ1) is 55.7. The summed E-state index contributed by atoms with van der Waals surface area (Å²) in [6.45, 7) is 4.56. The Morgan fingerprint density at radius 3 is 1.44 bits per heavy atom. The Hall–Kier alpha value is -3.27. The van der Waals surface area contributed by atoms with Gasteiger partial charge in [0.2, 0.25) is 0 Å². The van der Waals surface area contributed by atoms with Crippen molar-refractivity contribution < 1.29 is 42.9 Å². The third-order valence-corrected chi connectivity index (χ3v) is 9.47. The zero-order valence-corrected chi connectivity index (χ0v) is 38.1. The molecule has 9 nitrogen and oxygen atoms in total. The van der Waals surface area contributed by atoms with Gasteiger partial charge in [-0.2, -0.15) is 0 Å². The molecule has 0 N–H and O–H groups in total. The smallest absolute Gasteiger partial charge is 0.306 e. The number of carbonyl (C=O) groups excluding carboxylic acids is 3. The molecule has 0 rings (SSSR count). The fourth-order valence-corrected chi connectivity index (χ4v) is 5.89. The number of ether oxygens (including phenoxy) is 4. The normalized spacial score (nSPS) is 13.6. The van der Waals surface area contributed by atoms with Crippen molar-refractivity contribution in [1.82, 2.24) is 0 Å². The fraction of sp³-hybridized carbons (Fsp3) is 0.700. The highest BCUT2D eigenvalue weighted by molar-refractivity contribution is 5.70. The Labute approximate surface area is 360 Å². The number of carboxylic acid groups (broad SMARTS) is 1. The Bertz CT molecular complexity index is 1200. The third-order valence-electron chi connectivity index (χ3n) is 9.47. The van der Waals surface area contributed by atoms with E-state index in [1.54, 1.807) is 0 Å². The molecular weight excluding hydrogens is 743 g/mol. The quantitative estimate of drug-likeness (QED) is 0.0197. The second kappa shape index (κ2) is 41.5. The highest BCUT2D eigenvalue weighted by Crippen LogP contribution is 2.13. The van der Waals surface area contributed by atoms with Crippen molar-refractivity contribution >= 4 is 17.9 Å². The van der Waals surface area contributed by atoms with Crippen LogP contribution in [0, 0.1) is 0 Å². The summed E-state index contributed by atoms with van der Waals surface area (Å²) in [6, 6.07) is 0. The highest BCUT2D eigenvalue weighted by atomic mass is 16.7. The molecule has 2 atom stereocenters. The molecule has 0 amide bonds. The topological polar surface area (TPSA) is 111 Å². The number of allylic oxidation sites excluding steroid dienone is 12. The molecule has 0 aliphatic heterocycles. The van der Waals surface area contributed by atoms with E-state index in [-0.39, 0.29) is 38.6 Å². The number of aliphatic carboxylic acids is 1. The minimum absolute atomic E-state index is 0.142. The molecule has 0 radical (unpaired) electrons. The molecule has 0 aromatic carbocycles. The van der Waals surface area contributed by atoms with E-state index in [0.29, 0.717) is 17.4 Å². The van der Waals surface area contributed by atoms with Crippen molar-refractivity contribution in [3.8, 4) is 0 Å². The largest absolute Gasteiger partial charge is 0.545 e. The zero-order chi connectivity index (χ0) is 43.5. The minimum Gasteiger partial charge on any atom is -0.545 e. The Morgan fingerprint density at radius 1 is 0.525 bits per heavy atom. The van der Waals surface area contributed by atoms with E-state index < -0.39 is 24.3 Å². The van der Waals surface area contributed by atoms with E-state index in [2.05, 4.69) is 86.8 Å². The van der Waals surface area contributed by atoms with Gasteiger partial charge >= 0.3 is 11.9 Å². The van der Waals surface area contributed by atoms with Gasteiger partial charge in [-0.15, -0.1) is 0 Å². The molecule has 0 aromatic rings. The second-order valence-electron chi connectivity index (χ2n) is 16.3. The van der Waals surface area contributed by atoms with Gasteiger partial charge in [0, 0.05) is 12.8 Å². The van der Waals surface area contributed by atoms with Gasteiger partial charge in [0.15, 0.2) is 12.4 Å². The van der Waals surface area contributed by atoms with Crippen LogP contribution in [-0.4, -0.2) is 82.3 Å². The SMILES string of the molecule is CC/C=C\C/C=C\C/C=C\C/C=C\C/C=C\C/C=C\CCCCCCCCC(=O)OC(COC(=O)CCCCCCCCCCC)COC(OCC[N+](C)(C)C)C(=O)[O-]. The molecule has 0 spiro atoms. The lowest BCUT2D eigenvalue weighted by Crippen LogP contribution is -2.44. The summed E-state index contributed by atoms with van der Waals surface area (Å²) in [7, 11) is 5.89. The number of unbranched alkanes of at least 4 members (excludes halogenated alkanes) is 14. The van der Waals surface area contributed by atoms with Gasteiger partial charge in [0.05, 0.1) is 40.3 Å². The standard InChI is InChI=1S/C50H85NO8/c1-6-8-10-12-14-16-17-18-19-20-21-22-23-24-25-26-27-28-29-30-31-33-35-37-39-41-48(53)59-46(45-58-50(49(54)55)56-43-42-51(3,4)5)44-57-47(52)40-38-36-34-32-15-13-11-9-7-2/h8,10,14,16,18-19,21-22,24-25,27-28,46,50H,6-7,9,11-13,15,17,20,23,26,29-45H2,1-5H3/b10-8-,16-14-,19-18-,22-21-,25-24-,28-27-. The summed E-state index contributed by atoms with van der Waals surface area (Å²) >= 11 is 0. The maximum absolute atomic E-state index is 12.7. The average Bonchev–Trinajstić information content (AvgIpc) is 3.19. The van der Waals surface area contributed by atoms with Crippen molar-refractivity contribution in [3.05, 3.63) is 72.9 Å². The molecule has 9 heteroatoms. The number of nitrogens with zero attached hydrogens (tertiary/aromatic N) is 1. The molecular formula is C50H85NO8. The van der Waals surface area contributed by atoms with Crippen molar-refractivity contribution in [1.29, 1.82) is 0 Å². The van der Waals surface area contributed by atoms with Gasteiger partial charge in [0.25, 0.3) is 0 Å². The van der Waals surface area contributed by atoms with Crippen LogP contribution < -0.4 is 5.11 Å². The molecule has 0 aromatic heterocycles. The highest BCUT2D eigenvalue weighted by Gasteiger charge is 2.21. The molecule has 0 bridgehead atoms. The van der Waals surface area contributed by atoms with Crippen LogP contribution >= 0.6 is 0 Å². The van der Waals surface area contributed by atoms with Gasteiger partial charge in [0.1, 0.15) is 13.2 Å². The predicted molar refractivity (Wildman–Crippen MR) is 241 cm³/mol. The van der Waals surface area contributed by atoms with Gasteiger partial charge < -0.3 is 33.3 Å². The molecule has 338 valence electrons. The van der Waals surface area contributed by atoms with E-state index >= 15 is 0 Å². The van der Waals surface area contributed by atoms with E-state index in [1.165, 1.54) is 38.5 Å².